The molecule has 3 aromatic rings. The number of ether oxygens (including phenoxy) is 5. The highest BCUT2D eigenvalue weighted by molar-refractivity contribution is 7.89. The van der Waals surface area contributed by atoms with Gasteiger partial charge in [0.1, 0.15) is 12.4 Å². The van der Waals surface area contributed by atoms with E-state index in [1.54, 1.807) is 12.1 Å². The first-order valence-corrected chi connectivity index (χ1v) is 20.0. The zero-order valence-corrected chi connectivity index (χ0v) is 30.8. The maximum absolute atomic E-state index is 14.6. The van der Waals surface area contributed by atoms with Crippen molar-refractivity contribution in [2.45, 2.75) is 81.4 Å². The molecule has 0 amide bonds. The van der Waals surface area contributed by atoms with E-state index in [1.807, 2.05) is 30.3 Å². The third kappa shape index (κ3) is 8.53. The lowest BCUT2D eigenvalue weighted by molar-refractivity contribution is -0.178. The molecular formula is C39H48N2O11S. The highest BCUT2D eigenvalue weighted by Gasteiger charge is 2.56. The molecular weight excluding hydrogens is 704 g/mol. The van der Waals surface area contributed by atoms with Crippen LogP contribution in [0.25, 0.3) is 11.5 Å². The predicted molar refractivity (Wildman–Crippen MR) is 190 cm³/mol. The molecule has 286 valence electrons. The largest absolute Gasteiger partial charge is 0.464 e. The molecule has 3 aliphatic heterocycles. The molecule has 4 heterocycles. The van der Waals surface area contributed by atoms with Gasteiger partial charge in [0, 0.05) is 48.9 Å². The molecule has 1 saturated carbocycles. The van der Waals surface area contributed by atoms with E-state index in [0.717, 1.165) is 37.7 Å². The smallest absolute Gasteiger partial charge is 0.360 e. The lowest BCUT2D eigenvalue weighted by Crippen LogP contribution is -2.42. The van der Waals surface area contributed by atoms with Crippen LogP contribution in [0.15, 0.2) is 64.1 Å². The third-order valence-electron chi connectivity index (χ3n) is 11.0. The Morgan fingerprint density at radius 1 is 1.02 bits per heavy atom. The number of nitrogens with zero attached hydrogens (tertiary/aromatic N) is 2. The number of carbonyl (C=O) groups is 2. The number of oxazole rings is 1. The monoisotopic (exact) mass is 752 g/mol. The number of methoxy groups -OCH3 is 1. The van der Waals surface area contributed by atoms with Crippen LogP contribution in [0.2, 0.25) is 0 Å². The summed E-state index contributed by atoms with van der Waals surface area (Å²) in [5.74, 6) is -1.13. The summed E-state index contributed by atoms with van der Waals surface area (Å²) in [5, 5.41) is 11.9. The van der Waals surface area contributed by atoms with E-state index in [-0.39, 0.29) is 72.7 Å². The highest BCUT2D eigenvalue weighted by Crippen LogP contribution is 2.49. The number of β-amino-alcohol motifs (C(OH)–C–C–N with tert-alkyl or cyclic N) is 1. The number of benzene rings is 2. The predicted octanol–water partition coefficient (Wildman–Crippen LogP) is 4.76. The van der Waals surface area contributed by atoms with Gasteiger partial charge in [-0.15, -0.1) is 0 Å². The zero-order valence-electron chi connectivity index (χ0n) is 30.0. The Morgan fingerprint density at radius 3 is 2.64 bits per heavy atom. The molecule has 2 saturated heterocycles. The average molecular weight is 753 g/mol. The van der Waals surface area contributed by atoms with E-state index in [9.17, 15) is 23.1 Å². The van der Waals surface area contributed by atoms with Gasteiger partial charge in [-0.25, -0.2) is 18.2 Å². The number of esters is 2. The van der Waals surface area contributed by atoms with E-state index in [1.165, 1.54) is 23.7 Å². The van der Waals surface area contributed by atoms with E-state index in [4.69, 9.17) is 28.1 Å². The number of carbonyl (C=O) groups excluding carboxylic acids is 2. The Morgan fingerprint density at radius 2 is 1.81 bits per heavy atom. The summed E-state index contributed by atoms with van der Waals surface area (Å²) in [6.45, 7) is 1.45. The van der Waals surface area contributed by atoms with Crippen molar-refractivity contribution in [3.05, 3.63) is 71.6 Å². The molecule has 0 spiro atoms. The van der Waals surface area contributed by atoms with Crippen molar-refractivity contribution in [1.29, 1.82) is 0 Å². The van der Waals surface area contributed by atoms with E-state index < -0.39 is 34.0 Å². The number of hydrogen-bond donors (Lipinski definition) is 1. The van der Waals surface area contributed by atoms with Crippen LogP contribution in [0.5, 0.6) is 0 Å². The SMILES string of the molecule is COC(=O)c1coc(-c2ccc3c(c2)COCCCCCCCN(C[C@@H](O)[C@@H](CC(=O)O[C@H]2C4CO[C@H]5OC[C@@H]2C5C4)Cc2ccccc2)S3(=O)=O)n1. The van der Waals surface area contributed by atoms with Gasteiger partial charge in [0.25, 0.3) is 0 Å². The summed E-state index contributed by atoms with van der Waals surface area (Å²) in [6, 6.07) is 14.3. The minimum Gasteiger partial charge on any atom is -0.464 e. The van der Waals surface area contributed by atoms with Crippen LogP contribution in [-0.2, 0) is 51.5 Å². The molecule has 14 heteroatoms. The molecule has 2 bridgehead atoms. The van der Waals surface area contributed by atoms with Gasteiger partial charge in [-0.05, 0) is 55.0 Å². The fraction of sp³-hybridized carbons (Fsp3) is 0.564. The molecule has 4 aliphatic rings. The second-order valence-corrected chi connectivity index (χ2v) is 16.5. The van der Waals surface area contributed by atoms with Crippen LogP contribution in [0.3, 0.4) is 0 Å². The molecule has 13 nitrogen and oxygen atoms in total. The third-order valence-corrected chi connectivity index (χ3v) is 13.0. The number of aliphatic hydroxyl groups is 1. The van der Waals surface area contributed by atoms with Gasteiger partial charge >= 0.3 is 11.9 Å². The quantitative estimate of drug-likeness (QED) is 0.283. The lowest BCUT2D eigenvalue weighted by Gasteiger charge is -2.31. The van der Waals surface area contributed by atoms with E-state index >= 15 is 0 Å². The Bertz CT molecular complexity index is 1830. The summed E-state index contributed by atoms with van der Waals surface area (Å²) in [5.41, 5.74) is 1.77. The molecule has 2 aromatic carbocycles. The summed E-state index contributed by atoms with van der Waals surface area (Å²) >= 11 is 0. The summed E-state index contributed by atoms with van der Waals surface area (Å²) in [6.07, 6.45) is 4.79. The van der Waals surface area contributed by atoms with Crippen molar-refractivity contribution in [3.8, 4) is 11.5 Å². The molecule has 7 atom stereocenters. The number of sulfonamides is 1. The molecule has 0 radical (unpaired) electrons. The van der Waals surface area contributed by atoms with Crippen molar-refractivity contribution >= 4 is 22.0 Å². The summed E-state index contributed by atoms with van der Waals surface area (Å²) in [7, 11) is -2.93. The minimum absolute atomic E-state index is 0.00864. The van der Waals surface area contributed by atoms with Gasteiger partial charge in [-0.1, -0.05) is 49.6 Å². The van der Waals surface area contributed by atoms with Crippen molar-refractivity contribution < 1.29 is 51.2 Å². The first-order chi connectivity index (χ1) is 25.7. The minimum atomic E-state index is -4.17. The van der Waals surface area contributed by atoms with Crippen LogP contribution in [0.1, 0.15) is 66.6 Å². The van der Waals surface area contributed by atoms with Gasteiger partial charge in [0.2, 0.25) is 15.9 Å². The summed E-state index contributed by atoms with van der Waals surface area (Å²) in [4.78, 5) is 29.9. The fourth-order valence-corrected chi connectivity index (χ4v) is 9.90. The first kappa shape index (κ1) is 37.6. The Kier molecular flexibility index (Phi) is 11.9. The molecule has 2 unspecified atom stereocenters. The lowest BCUT2D eigenvalue weighted by atomic mass is 9.90. The van der Waals surface area contributed by atoms with Crippen molar-refractivity contribution in [2.24, 2.45) is 23.7 Å². The molecule has 53 heavy (non-hydrogen) atoms. The zero-order chi connectivity index (χ0) is 37.0. The number of rotatable bonds is 10. The normalized spacial score (nSPS) is 27.0. The van der Waals surface area contributed by atoms with Crippen LogP contribution < -0.4 is 0 Å². The molecule has 7 rings (SSSR count). The van der Waals surface area contributed by atoms with Gasteiger partial charge in [0.15, 0.2) is 12.0 Å². The Balaban J connectivity index is 1.14. The fourth-order valence-electron chi connectivity index (χ4n) is 8.22. The van der Waals surface area contributed by atoms with Crippen molar-refractivity contribution in [1.82, 2.24) is 9.29 Å². The van der Waals surface area contributed by atoms with Crippen LogP contribution in [0, 0.1) is 23.7 Å². The van der Waals surface area contributed by atoms with E-state index in [0.29, 0.717) is 43.8 Å². The molecule has 1 N–H and O–H groups in total. The number of aliphatic hydroxyl groups excluding tert-OH is 1. The standard InChI is InChI=1S/C39H48N2O11S/c1-47-38(44)32-24-49-37(40-32)26-12-13-34-28(17-26)21-48-15-9-4-2-3-8-14-41(53(34,45)46)20-33(42)27(16-25-10-6-5-7-11-25)19-35(43)52-36-29-18-30-31(36)23-51-39(30)50-22-29/h5-7,10-13,17,24,27,29-31,33,36,39,42H,2-4,8-9,14-16,18-23H2,1H3/t27-,29?,30?,31-,33-,36+,39+/m1/s1. The van der Waals surface area contributed by atoms with Gasteiger partial charge in [0.05, 0.1) is 44.4 Å². The second kappa shape index (κ2) is 16.8. The topological polar surface area (TPSA) is 164 Å². The molecule has 1 aromatic heterocycles. The summed E-state index contributed by atoms with van der Waals surface area (Å²) < 4.78 is 64.5. The van der Waals surface area contributed by atoms with Crippen LogP contribution in [0.4, 0.5) is 0 Å². The van der Waals surface area contributed by atoms with Crippen LogP contribution in [-0.4, -0.2) is 93.3 Å². The highest BCUT2D eigenvalue weighted by atomic mass is 32.2. The number of fused-ring (bicyclic) bond motifs is 2. The molecule has 3 fully saturated rings. The average Bonchev–Trinajstić information content (AvgIpc) is 3.88. The van der Waals surface area contributed by atoms with Crippen molar-refractivity contribution in [2.75, 3.05) is 40.0 Å². The molecule has 1 aliphatic carbocycles. The second-order valence-electron chi connectivity index (χ2n) is 14.6. The maximum Gasteiger partial charge on any atom is 0.360 e. The number of hydrogen-bond acceptors (Lipinski definition) is 12. The Hall–Kier alpha value is -3.66. The maximum atomic E-state index is 14.6. The van der Waals surface area contributed by atoms with Crippen LogP contribution >= 0.6 is 0 Å². The van der Waals surface area contributed by atoms with Gasteiger partial charge in [-0.2, -0.15) is 4.31 Å². The van der Waals surface area contributed by atoms with Crippen molar-refractivity contribution in [3.63, 3.8) is 0 Å². The first-order valence-electron chi connectivity index (χ1n) is 18.6. The Labute approximate surface area is 310 Å². The van der Waals surface area contributed by atoms with Gasteiger partial charge < -0.3 is 33.2 Å². The van der Waals surface area contributed by atoms with E-state index in [2.05, 4.69) is 4.98 Å². The van der Waals surface area contributed by atoms with Gasteiger partial charge in [-0.3, -0.25) is 4.79 Å². The number of aromatic nitrogens is 1.